The van der Waals surface area contributed by atoms with Gasteiger partial charge in [-0.1, -0.05) is 25.1 Å². The molecule has 1 aliphatic rings. The summed E-state index contributed by atoms with van der Waals surface area (Å²) in [7, 11) is 0. The molecule has 150 valence electrons. The molecule has 1 amide bonds. The molecule has 2 unspecified atom stereocenters. The van der Waals surface area contributed by atoms with Crippen molar-refractivity contribution in [2.45, 2.75) is 38.0 Å². The average Bonchev–Trinajstić information content (AvgIpc) is 3.00. The molecule has 2 atom stereocenters. The van der Waals surface area contributed by atoms with Gasteiger partial charge in [0.05, 0.1) is 5.56 Å². The highest BCUT2D eigenvalue weighted by atomic mass is 19.4. The van der Waals surface area contributed by atoms with Gasteiger partial charge >= 0.3 is 18.3 Å². The van der Waals surface area contributed by atoms with Gasteiger partial charge in [-0.05, 0) is 24.0 Å². The van der Waals surface area contributed by atoms with E-state index < -0.39 is 67.1 Å². The van der Waals surface area contributed by atoms with Crippen LogP contribution in [0, 0.1) is 5.41 Å². The minimum Gasteiger partial charge on any atom is -0.481 e. The van der Waals surface area contributed by atoms with E-state index in [-0.39, 0.29) is 5.56 Å². The first-order valence-corrected chi connectivity index (χ1v) is 8.03. The van der Waals surface area contributed by atoms with Gasteiger partial charge < -0.3 is 10.0 Å². The highest BCUT2D eigenvalue weighted by Gasteiger charge is 2.64. The number of nitrogens with zero attached hydrogens (tertiary/aromatic N) is 1. The maximum Gasteiger partial charge on any atom is 0.416 e. The minimum absolute atomic E-state index is 0.141. The number of carboxylic acids is 1. The Kier molecular flexibility index (Phi) is 5.49. The van der Waals surface area contributed by atoms with E-state index in [2.05, 4.69) is 0 Å². The predicted octanol–water partition coefficient (Wildman–Crippen LogP) is 4.06. The van der Waals surface area contributed by atoms with Crippen molar-refractivity contribution in [3.05, 3.63) is 35.4 Å². The molecule has 0 radical (unpaired) electrons. The molecule has 0 spiro atoms. The maximum atomic E-state index is 13.2. The van der Waals surface area contributed by atoms with Crippen molar-refractivity contribution >= 4 is 11.9 Å². The Morgan fingerprint density at radius 2 is 1.78 bits per heavy atom. The van der Waals surface area contributed by atoms with E-state index in [9.17, 15) is 35.9 Å². The Morgan fingerprint density at radius 1 is 1.19 bits per heavy atom. The summed E-state index contributed by atoms with van der Waals surface area (Å²) in [6.07, 6.45) is -10.9. The zero-order chi connectivity index (χ0) is 20.6. The lowest BCUT2D eigenvalue weighted by atomic mass is 9.86. The molecular weight excluding hydrogens is 380 g/mol. The van der Waals surface area contributed by atoms with E-state index in [4.69, 9.17) is 5.11 Å². The largest absolute Gasteiger partial charge is 0.481 e. The van der Waals surface area contributed by atoms with Gasteiger partial charge in [-0.15, -0.1) is 0 Å². The van der Waals surface area contributed by atoms with Crippen molar-refractivity contribution in [3.8, 4) is 0 Å². The SMILES string of the molecule is CC(CC(=O)N1CCC(C(=O)O)(C(F)(F)F)C1)c1ccccc1C(F)(F)F. The summed E-state index contributed by atoms with van der Waals surface area (Å²) in [5, 5.41) is 9.00. The van der Waals surface area contributed by atoms with Crippen LogP contribution in [0.5, 0.6) is 0 Å². The third kappa shape index (κ3) is 4.03. The highest BCUT2D eigenvalue weighted by Crippen LogP contribution is 2.46. The monoisotopic (exact) mass is 397 g/mol. The lowest BCUT2D eigenvalue weighted by molar-refractivity contribution is -0.227. The fourth-order valence-electron chi connectivity index (χ4n) is 3.24. The van der Waals surface area contributed by atoms with Crippen LogP contribution in [0.4, 0.5) is 26.3 Å². The second kappa shape index (κ2) is 7.05. The lowest BCUT2D eigenvalue weighted by Crippen LogP contribution is -2.47. The predicted molar refractivity (Wildman–Crippen MR) is 81.8 cm³/mol. The molecule has 4 nitrogen and oxygen atoms in total. The van der Waals surface area contributed by atoms with E-state index in [0.29, 0.717) is 0 Å². The van der Waals surface area contributed by atoms with Gasteiger partial charge in [-0.2, -0.15) is 26.3 Å². The van der Waals surface area contributed by atoms with Gasteiger partial charge in [0.15, 0.2) is 5.41 Å². The smallest absolute Gasteiger partial charge is 0.416 e. The summed E-state index contributed by atoms with van der Waals surface area (Å²) in [6.45, 7) is -0.0939. The molecule has 0 bridgehead atoms. The quantitative estimate of drug-likeness (QED) is 0.780. The van der Waals surface area contributed by atoms with E-state index in [1.54, 1.807) is 0 Å². The third-order valence-corrected chi connectivity index (χ3v) is 4.85. The Morgan fingerprint density at radius 3 is 2.26 bits per heavy atom. The first-order valence-electron chi connectivity index (χ1n) is 8.03. The molecular formula is C17H17F6NO3. The number of halogens is 6. The fourth-order valence-corrected chi connectivity index (χ4v) is 3.24. The summed E-state index contributed by atoms with van der Waals surface area (Å²) in [6, 6.07) is 4.65. The fraction of sp³-hybridized carbons (Fsp3) is 0.529. The number of carbonyl (C=O) groups excluding carboxylic acids is 1. The van der Waals surface area contributed by atoms with E-state index in [1.807, 2.05) is 0 Å². The van der Waals surface area contributed by atoms with Crippen LogP contribution in [0.2, 0.25) is 0 Å². The van der Waals surface area contributed by atoms with Crippen LogP contribution in [-0.4, -0.2) is 41.1 Å². The van der Waals surface area contributed by atoms with Gasteiger partial charge in [-0.3, -0.25) is 9.59 Å². The van der Waals surface area contributed by atoms with Gasteiger partial charge in [0.1, 0.15) is 0 Å². The van der Waals surface area contributed by atoms with Gasteiger partial charge in [-0.25, -0.2) is 0 Å². The number of alkyl halides is 6. The number of likely N-dealkylation sites (tertiary alicyclic amines) is 1. The van der Waals surface area contributed by atoms with Crippen LogP contribution in [0.15, 0.2) is 24.3 Å². The first kappa shape index (κ1) is 21.0. The first-order chi connectivity index (χ1) is 12.3. The Balaban J connectivity index is 2.17. The van der Waals surface area contributed by atoms with Crippen LogP contribution < -0.4 is 0 Å². The van der Waals surface area contributed by atoms with Crippen molar-refractivity contribution in [2.24, 2.45) is 5.41 Å². The lowest BCUT2D eigenvalue weighted by Gasteiger charge is -2.27. The molecule has 2 rings (SSSR count). The summed E-state index contributed by atoms with van der Waals surface area (Å²) in [5.74, 6) is -3.78. The molecule has 1 aliphatic heterocycles. The van der Waals surface area contributed by atoms with Gasteiger partial charge in [0.2, 0.25) is 5.91 Å². The number of carbonyl (C=O) groups is 2. The Bertz CT molecular complexity index is 730. The van der Waals surface area contributed by atoms with Gasteiger partial charge in [0, 0.05) is 19.5 Å². The number of hydrogen-bond donors (Lipinski definition) is 1. The molecule has 10 heteroatoms. The number of carboxylic acid groups (broad SMARTS) is 1. The summed E-state index contributed by atoms with van der Waals surface area (Å²) >= 11 is 0. The molecule has 0 saturated carbocycles. The maximum absolute atomic E-state index is 13.2. The topological polar surface area (TPSA) is 57.6 Å². The molecule has 27 heavy (non-hydrogen) atoms. The summed E-state index contributed by atoms with van der Waals surface area (Å²) in [4.78, 5) is 24.2. The molecule has 1 heterocycles. The van der Waals surface area contributed by atoms with Crippen LogP contribution in [0.1, 0.15) is 36.8 Å². The van der Waals surface area contributed by atoms with Crippen molar-refractivity contribution in [1.29, 1.82) is 0 Å². The molecule has 1 saturated heterocycles. The van der Waals surface area contributed by atoms with Crippen LogP contribution in [0.3, 0.4) is 0 Å². The van der Waals surface area contributed by atoms with Crippen molar-refractivity contribution in [1.82, 2.24) is 4.90 Å². The normalized spacial score (nSPS) is 22.0. The number of hydrogen-bond acceptors (Lipinski definition) is 2. The number of benzene rings is 1. The summed E-state index contributed by atoms with van der Waals surface area (Å²) < 4.78 is 78.8. The molecule has 1 fully saturated rings. The third-order valence-electron chi connectivity index (χ3n) is 4.85. The zero-order valence-corrected chi connectivity index (χ0v) is 14.2. The molecule has 0 aliphatic carbocycles. The average molecular weight is 397 g/mol. The number of aliphatic carboxylic acids is 1. The van der Waals surface area contributed by atoms with Crippen LogP contribution in [0.25, 0.3) is 0 Å². The van der Waals surface area contributed by atoms with Crippen molar-refractivity contribution in [3.63, 3.8) is 0 Å². The highest BCUT2D eigenvalue weighted by molar-refractivity contribution is 5.81. The molecule has 1 aromatic rings. The number of rotatable bonds is 4. The zero-order valence-electron chi connectivity index (χ0n) is 14.2. The van der Waals surface area contributed by atoms with Crippen LogP contribution >= 0.6 is 0 Å². The molecule has 1 N–H and O–H groups in total. The van der Waals surface area contributed by atoms with E-state index in [1.165, 1.54) is 25.1 Å². The van der Waals surface area contributed by atoms with Crippen molar-refractivity contribution < 1.29 is 41.0 Å². The van der Waals surface area contributed by atoms with Gasteiger partial charge in [0.25, 0.3) is 0 Å². The molecule has 1 aromatic carbocycles. The van der Waals surface area contributed by atoms with E-state index in [0.717, 1.165) is 11.0 Å². The van der Waals surface area contributed by atoms with E-state index >= 15 is 0 Å². The van der Waals surface area contributed by atoms with Crippen LogP contribution in [-0.2, 0) is 15.8 Å². The van der Waals surface area contributed by atoms with Crippen molar-refractivity contribution in [2.75, 3.05) is 13.1 Å². The summed E-state index contributed by atoms with van der Waals surface area (Å²) in [5.41, 5.74) is -4.10. The number of amides is 1. The minimum atomic E-state index is -5.04. The molecule has 0 aromatic heterocycles. The second-order valence-corrected chi connectivity index (χ2v) is 6.64. The second-order valence-electron chi connectivity index (χ2n) is 6.64. The standard InChI is InChI=1S/C17H17F6NO3/c1-10(11-4-2-3-5-12(11)16(18,19)20)8-13(25)24-7-6-15(9-24,14(26)27)17(21,22)23/h2-5,10H,6-9H2,1H3,(H,26,27). The Hall–Kier alpha value is -2.26. The Labute approximate surface area is 150 Å².